The quantitative estimate of drug-likeness (QED) is 0.165. The van der Waals surface area contributed by atoms with Crippen LogP contribution in [0.15, 0.2) is 309 Å². The molecule has 0 unspecified atom stereocenters. The second kappa shape index (κ2) is 24.8. The third-order valence-corrected chi connectivity index (χ3v) is 24.5. The molecule has 0 saturated carbocycles. The summed E-state index contributed by atoms with van der Waals surface area (Å²) in [6, 6.07) is 117. The minimum atomic E-state index is -0.441. The van der Waals surface area contributed by atoms with E-state index in [0.29, 0.717) is 0 Å². The second-order valence-corrected chi connectivity index (χ2v) is 35.7. The molecule has 0 spiro atoms. The lowest BCUT2D eigenvalue weighted by Gasteiger charge is -2.47. The number of ether oxygens (including phenoxy) is 2. The van der Waals surface area contributed by atoms with E-state index in [0.717, 1.165) is 168 Å². The number of aromatic nitrogens is 2. The molecule has 21 rings (SSSR count). The zero-order chi connectivity index (χ0) is 76.9. The summed E-state index contributed by atoms with van der Waals surface area (Å²) in [7, 11) is 0. The van der Waals surface area contributed by atoms with Crippen LogP contribution in [-0.2, 0) is 21.7 Å². The Balaban J connectivity index is 0.988. The molecule has 113 heavy (non-hydrogen) atoms. The molecular weight excluding hydrogens is 1370 g/mol. The van der Waals surface area contributed by atoms with Gasteiger partial charge in [0.2, 0.25) is 0 Å². The predicted octanol–water partition coefficient (Wildman–Crippen LogP) is 27.4. The monoisotopic (exact) mass is 1460 g/mol. The fraction of sp³-hybridized carbons (Fsp3) is 0.151. The van der Waals surface area contributed by atoms with E-state index in [4.69, 9.17) is 9.47 Å². The summed E-state index contributed by atoms with van der Waals surface area (Å²) in [5.41, 5.74) is 33.7. The van der Waals surface area contributed by atoms with Crippen LogP contribution >= 0.6 is 0 Å². The fourth-order valence-electron chi connectivity index (χ4n) is 18.6. The molecule has 0 atom stereocenters. The van der Waals surface area contributed by atoms with Gasteiger partial charge in [0.05, 0.1) is 33.4 Å². The van der Waals surface area contributed by atoms with E-state index in [1.807, 2.05) is 0 Å². The molecule has 0 N–H and O–H groups in total. The van der Waals surface area contributed by atoms with Gasteiger partial charge in [0.1, 0.15) is 23.0 Å². The number of rotatable bonds is 4. The zero-order valence-electron chi connectivity index (χ0n) is 66.1. The first-order valence-corrected chi connectivity index (χ1v) is 40.0. The number of para-hydroxylation sites is 5. The van der Waals surface area contributed by atoms with Crippen molar-refractivity contribution in [1.82, 2.24) is 9.13 Å². The van der Waals surface area contributed by atoms with Crippen molar-refractivity contribution in [1.29, 1.82) is 0 Å². The average molecular weight is 1460 g/mol. The molecule has 0 radical (unpaired) electrons. The van der Waals surface area contributed by atoms with Crippen LogP contribution in [-0.4, -0.2) is 15.8 Å². The fourth-order valence-corrected chi connectivity index (χ4v) is 18.6. The van der Waals surface area contributed by atoms with E-state index in [-0.39, 0.29) is 21.7 Å². The summed E-state index contributed by atoms with van der Waals surface area (Å²) in [5.74, 6) is 3.08. The van der Waals surface area contributed by atoms with Gasteiger partial charge in [-0.1, -0.05) is 265 Å². The smallest absolute Gasteiger partial charge is 0.252 e. The van der Waals surface area contributed by atoms with Gasteiger partial charge in [-0.3, -0.25) is 0 Å². The van der Waals surface area contributed by atoms with Crippen LogP contribution in [0.2, 0.25) is 0 Å². The first kappa shape index (κ1) is 68.2. The number of anilines is 6. The number of hydrogen-bond donors (Lipinski definition) is 0. The highest BCUT2D eigenvalue weighted by Crippen LogP contribution is 2.59. The predicted molar refractivity (Wildman–Crippen MR) is 477 cm³/mol. The maximum atomic E-state index is 7.67. The summed E-state index contributed by atoms with van der Waals surface area (Å²) >= 11 is 0. The first-order valence-electron chi connectivity index (χ1n) is 40.0. The van der Waals surface area contributed by atoms with Gasteiger partial charge in [0.25, 0.3) is 6.71 Å². The van der Waals surface area contributed by atoms with Crippen LogP contribution in [0.3, 0.4) is 0 Å². The molecule has 7 heteroatoms. The Morgan fingerprint density at radius 1 is 0.239 bits per heavy atom. The molecule has 0 bridgehead atoms. The van der Waals surface area contributed by atoms with Gasteiger partial charge in [-0.25, -0.2) is 0 Å². The third-order valence-electron chi connectivity index (χ3n) is 24.5. The third kappa shape index (κ3) is 10.7. The molecule has 0 aliphatic carbocycles. The highest BCUT2D eigenvalue weighted by Gasteiger charge is 2.49. The molecule has 6 heterocycles. The Labute approximate surface area is 662 Å². The Morgan fingerprint density at radius 2 is 0.575 bits per heavy atom. The van der Waals surface area contributed by atoms with Gasteiger partial charge in [0.15, 0.2) is 0 Å². The van der Waals surface area contributed by atoms with Gasteiger partial charge in [-0.05, 0) is 210 Å². The second-order valence-electron chi connectivity index (χ2n) is 35.7. The Bertz CT molecular complexity index is 6780. The molecular formula is C106H87BN4O2. The SMILES string of the molecule is CC(C)(C)c1cc2c3c(c1)N1c4ccc(-c5ccccc5)cc4-c4ccccc4Oc4ccccc4-c4cc(-n5c6ccc(C(C)(C)C)cc6c6cc(C(C)(C)C)ccc65)cc(c41)B3c1cc(-n3c4ccccc4c4cc(C(C)(C)C)ccc43)cc3c1N2c1ccc(-c2ccccc2)cc1-c1ccccc1Oc1ccccc1-3. The summed E-state index contributed by atoms with van der Waals surface area (Å²) in [6.07, 6.45) is 0. The molecule has 4 aliphatic rings. The molecule has 15 aromatic carbocycles. The maximum Gasteiger partial charge on any atom is 0.252 e. The Kier molecular flexibility index (Phi) is 15.0. The molecule has 0 fully saturated rings. The number of fused-ring (bicyclic) bond motifs is 22. The van der Waals surface area contributed by atoms with E-state index in [1.54, 1.807) is 0 Å². The van der Waals surface area contributed by atoms with Crippen LogP contribution < -0.4 is 35.7 Å². The van der Waals surface area contributed by atoms with E-state index in [1.165, 1.54) is 49.3 Å². The molecule has 546 valence electrons. The summed E-state index contributed by atoms with van der Waals surface area (Å²) < 4.78 is 20.5. The van der Waals surface area contributed by atoms with Gasteiger partial charge in [-0.2, -0.15) is 0 Å². The maximum absolute atomic E-state index is 7.67. The molecule has 0 amide bonds. The topological polar surface area (TPSA) is 34.8 Å². The largest absolute Gasteiger partial charge is 0.456 e. The Hall–Kier alpha value is -12.8. The van der Waals surface area contributed by atoms with Crippen molar-refractivity contribution >= 4 is 101 Å². The number of benzene rings is 15. The minimum Gasteiger partial charge on any atom is -0.456 e. The van der Waals surface area contributed by atoms with Gasteiger partial charge in [0, 0.05) is 100 Å². The zero-order valence-corrected chi connectivity index (χ0v) is 66.1. The lowest BCUT2D eigenvalue weighted by atomic mass is 9.33. The standard InChI is InChI=1S/C106H87BN4O2/c1-103(2,3)68-45-50-89-81(55-68)74-33-19-24-38-88(74)108(89)72-60-84-77-36-22-27-41-98(77)112-96-39-25-20-34-75(96)79-53-66(64-29-15-13-16-30-64)43-48-92(79)110-94-58-71(106(10,11)12)59-95-100(94)107(86(62-72)101(84)110)87-63-73(109-90-51-46-69(104(4,5)6)56-82(90)83-57-70(105(7,8)9)47-52-91(83)109)61-85-78-37-23-28-42-99(78)113-97-40-26-21-35-76(97)80-54-67(65-31-17-14-18-32-65)44-49-93(80)111(95)102(85)87/h13-63H,1-12H3. The minimum absolute atomic E-state index is 0.0908. The van der Waals surface area contributed by atoms with Crippen LogP contribution in [0.1, 0.15) is 105 Å². The van der Waals surface area contributed by atoms with Crippen molar-refractivity contribution in [2.24, 2.45) is 0 Å². The van der Waals surface area contributed by atoms with E-state index in [9.17, 15) is 0 Å². The lowest BCUT2D eigenvalue weighted by Crippen LogP contribution is -2.62. The van der Waals surface area contributed by atoms with Crippen LogP contribution in [0, 0.1) is 0 Å². The number of hydrogen-bond acceptors (Lipinski definition) is 4. The Morgan fingerprint density at radius 3 is 0.965 bits per heavy atom. The van der Waals surface area contributed by atoms with Crippen molar-refractivity contribution in [3.63, 3.8) is 0 Å². The van der Waals surface area contributed by atoms with Crippen molar-refractivity contribution in [2.45, 2.75) is 105 Å². The van der Waals surface area contributed by atoms with Gasteiger partial charge in [-0.15, -0.1) is 0 Å². The molecule has 4 aliphatic heterocycles. The molecule has 6 nitrogen and oxygen atoms in total. The lowest BCUT2D eigenvalue weighted by molar-refractivity contribution is 0.486. The van der Waals surface area contributed by atoms with Crippen molar-refractivity contribution in [3.8, 4) is 101 Å². The summed E-state index contributed by atoms with van der Waals surface area (Å²) in [4.78, 5) is 5.40. The number of nitrogens with zero attached hydrogens (tertiary/aromatic N) is 4. The summed E-state index contributed by atoms with van der Waals surface area (Å²) in [6.45, 7) is 27.7. The normalized spacial score (nSPS) is 13.4. The van der Waals surface area contributed by atoms with Gasteiger partial charge >= 0.3 is 0 Å². The highest BCUT2D eigenvalue weighted by atomic mass is 16.5. The average Bonchev–Trinajstić information content (AvgIpc) is 0.895. The van der Waals surface area contributed by atoms with E-state index >= 15 is 0 Å². The van der Waals surface area contributed by atoms with Crippen molar-refractivity contribution < 1.29 is 9.47 Å². The van der Waals surface area contributed by atoms with Crippen molar-refractivity contribution in [3.05, 3.63) is 332 Å². The van der Waals surface area contributed by atoms with Crippen molar-refractivity contribution in [2.75, 3.05) is 9.80 Å². The molecule has 0 saturated heterocycles. The first-order chi connectivity index (χ1) is 54.6. The van der Waals surface area contributed by atoms with E-state index in [2.05, 4.69) is 411 Å². The van der Waals surface area contributed by atoms with E-state index < -0.39 is 6.71 Å². The van der Waals surface area contributed by atoms with Crippen LogP contribution in [0.5, 0.6) is 23.0 Å². The van der Waals surface area contributed by atoms with Gasteiger partial charge < -0.3 is 28.4 Å². The molecule has 17 aromatic rings. The van der Waals surface area contributed by atoms with Crippen LogP contribution in [0.25, 0.3) is 122 Å². The highest BCUT2D eigenvalue weighted by molar-refractivity contribution is 7.00. The summed E-state index contributed by atoms with van der Waals surface area (Å²) in [5, 5.41) is 4.88. The molecule has 2 aromatic heterocycles. The van der Waals surface area contributed by atoms with Crippen LogP contribution in [0.4, 0.5) is 34.1 Å².